The molecule has 74 valence electrons. The van der Waals surface area contributed by atoms with E-state index in [0.29, 0.717) is 0 Å². The normalized spacial score (nSPS) is 31.9. The first-order valence-electron chi connectivity index (χ1n) is 5.07. The average Bonchev–Trinajstić information content (AvgIpc) is 3.02. The molecule has 3 nitrogen and oxygen atoms in total. The minimum atomic E-state index is 0.213. The van der Waals surface area contributed by atoms with Gasteiger partial charge in [0.15, 0.2) is 6.19 Å². The number of hydrogen-bond donors (Lipinski definition) is 1. The van der Waals surface area contributed by atoms with Gasteiger partial charge in [-0.3, -0.25) is 10.2 Å². The highest BCUT2D eigenvalue weighted by molar-refractivity contribution is 5.30. The topological polar surface area (TPSA) is 38.8 Å². The Hall–Kier alpha value is -1.79. The third-order valence-corrected chi connectivity index (χ3v) is 2.98. The Morgan fingerprint density at radius 1 is 1.20 bits per heavy atom. The summed E-state index contributed by atoms with van der Waals surface area (Å²) >= 11 is 0. The quantitative estimate of drug-likeness (QED) is 0.420. The van der Waals surface area contributed by atoms with Gasteiger partial charge in [-0.15, -0.1) is 0 Å². The van der Waals surface area contributed by atoms with Crippen LogP contribution in [0.15, 0.2) is 42.5 Å². The molecule has 0 unspecified atom stereocenters. The zero-order chi connectivity index (χ0) is 10.3. The van der Waals surface area contributed by atoms with Crippen molar-refractivity contribution in [2.24, 2.45) is 0 Å². The first kappa shape index (κ1) is 8.51. The van der Waals surface area contributed by atoms with Crippen molar-refractivity contribution in [2.75, 3.05) is 0 Å². The minimum Gasteiger partial charge on any atom is -0.284 e. The molecule has 0 amide bonds. The predicted molar refractivity (Wildman–Crippen MR) is 56.5 cm³/mol. The second-order valence-electron chi connectivity index (χ2n) is 3.88. The lowest BCUT2D eigenvalue weighted by Crippen LogP contribution is -2.27. The Morgan fingerprint density at radius 2 is 2.00 bits per heavy atom. The van der Waals surface area contributed by atoms with Gasteiger partial charge in [-0.2, -0.15) is 5.26 Å². The second kappa shape index (κ2) is 3.11. The maximum absolute atomic E-state index is 8.80. The molecule has 2 aliphatic heterocycles. The van der Waals surface area contributed by atoms with Crippen molar-refractivity contribution < 1.29 is 0 Å². The van der Waals surface area contributed by atoms with Gasteiger partial charge >= 0.3 is 0 Å². The van der Waals surface area contributed by atoms with Crippen molar-refractivity contribution in [3.63, 3.8) is 0 Å². The van der Waals surface area contributed by atoms with Gasteiger partial charge in [0.25, 0.3) is 0 Å². The SMILES string of the molecule is N#CN1[C@@H]2C=C[C@H](c3ccccc3)N[C@H]21. The smallest absolute Gasteiger partial charge is 0.181 e. The van der Waals surface area contributed by atoms with Crippen LogP contribution < -0.4 is 5.32 Å². The molecule has 2 heterocycles. The van der Waals surface area contributed by atoms with Crippen molar-refractivity contribution in [3.8, 4) is 6.19 Å². The van der Waals surface area contributed by atoms with Crippen LogP contribution in [0.3, 0.4) is 0 Å². The average molecular weight is 197 g/mol. The fourth-order valence-electron chi connectivity index (χ4n) is 2.09. The first-order chi connectivity index (χ1) is 7.40. The van der Waals surface area contributed by atoms with Crippen LogP contribution in [0.25, 0.3) is 0 Å². The molecule has 1 N–H and O–H groups in total. The lowest BCUT2D eigenvalue weighted by Gasteiger charge is -2.16. The maximum Gasteiger partial charge on any atom is 0.181 e. The van der Waals surface area contributed by atoms with Crippen LogP contribution in [0.1, 0.15) is 11.6 Å². The first-order valence-corrected chi connectivity index (χ1v) is 5.07. The molecule has 1 aromatic rings. The molecular formula is C12H11N3. The highest BCUT2D eigenvalue weighted by Gasteiger charge is 2.48. The molecule has 3 rings (SSSR count). The van der Waals surface area contributed by atoms with Crippen molar-refractivity contribution >= 4 is 0 Å². The van der Waals surface area contributed by atoms with Gasteiger partial charge in [0, 0.05) is 0 Å². The molecule has 0 aromatic heterocycles. The van der Waals surface area contributed by atoms with Crippen LogP contribution in [0.5, 0.6) is 0 Å². The zero-order valence-corrected chi connectivity index (χ0v) is 8.17. The third kappa shape index (κ3) is 1.31. The summed E-state index contributed by atoms with van der Waals surface area (Å²) in [5.41, 5.74) is 1.25. The highest BCUT2D eigenvalue weighted by Crippen LogP contribution is 2.33. The molecular weight excluding hydrogens is 186 g/mol. The lowest BCUT2D eigenvalue weighted by molar-refractivity contribution is 0.537. The van der Waals surface area contributed by atoms with E-state index in [4.69, 9.17) is 5.26 Å². The van der Waals surface area contributed by atoms with E-state index in [2.05, 4.69) is 35.8 Å². The van der Waals surface area contributed by atoms with E-state index in [-0.39, 0.29) is 18.2 Å². The number of nitrogens with one attached hydrogen (secondary N) is 1. The van der Waals surface area contributed by atoms with E-state index in [9.17, 15) is 0 Å². The van der Waals surface area contributed by atoms with Gasteiger partial charge in [-0.05, 0) is 5.56 Å². The number of rotatable bonds is 1. The van der Waals surface area contributed by atoms with Crippen molar-refractivity contribution in [2.45, 2.75) is 18.2 Å². The van der Waals surface area contributed by atoms with Crippen LogP contribution in [0.4, 0.5) is 0 Å². The fourth-order valence-corrected chi connectivity index (χ4v) is 2.09. The van der Waals surface area contributed by atoms with E-state index in [1.807, 2.05) is 18.2 Å². The molecule has 3 heteroatoms. The van der Waals surface area contributed by atoms with Crippen LogP contribution in [0, 0.1) is 11.5 Å². The summed E-state index contributed by atoms with van der Waals surface area (Å²) in [5.74, 6) is 0. The molecule has 2 aliphatic rings. The molecule has 1 aromatic carbocycles. The molecule has 0 saturated carbocycles. The number of fused-ring (bicyclic) bond motifs is 1. The summed E-state index contributed by atoms with van der Waals surface area (Å²) in [7, 11) is 0. The highest BCUT2D eigenvalue weighted by atomic mass is 15.4. The zero-order valence-electron chi connectivity index (χ0n) is 8.17. The summed E-state index contributed by atoms with van der Waals surface area (Å²) in [5, 5.41) is 12.2. The minimum absolute atomic E-state index is 0.213. The van der Waals surface area contributed by atoms with Gasteiger partial charge in [0.1, 0.15) is 6.17 Å². The van der Waals surface area contributed by atoms with Gasteiger partial charge in [0.05, 0.1) is 12.1 Å². The third-order valence-electron chi connectivity index (χ3n) is 2.98. The van der Waals surface area contributed by atoms with E-state index in [1.54, 1.807) is 4.90 Å². The standard InChI is InChI=1S/C12H11N3/c13-8-15-11-7-6-10(14-12(11)15)9-4-2-1-3-5-9/h1-7,10-12,14H/t10-,11-,12+,15?/m1/s1. The van der Waals surface area contributed by atoms with Gasteiger partial charge < -0.3 is 0 Å². The number of nitrogens with zero attached hydrogens (tertiary/aromatic N) is 2. The number of nitriles is 1. The van der Waals surface area contributed by atoms with Gasteiger partial charge in [-0.25, -0.2) is 0 Å². The van der Waals surface area contributed by atoms with Crippen LogP contribution in [0.2, 0.25) is 0 Å². The van der Waals surface area contributed by atoms with Gasteiger partial charge in [-0.1, -0.05) is 42.5 Å². The molecule has 0 bridgehead atoms. The van der Waals surface area contributed by atoms with E-state index >= 15 is 0 Å². The molecule has 15 heavy (non-hydrogen) atoms. The van der Waals surface area contributed by atoms with Gasteiger partial charge in [0.2, 0.25) is 0 Å². The summed E-state index contributed by atoms with van der Waals surface area (Å²) < 4.78 is 0. The van der Waals surface area contributed by atoms with E-state index in [0.717, 1.165) is 0 Å². The fraction of sp³-hybridized carbons (Fsp3) is 0.250. The van der Waals surface area contributed by atoms with Crippen molar-refractivity contribution in [3.05, 3.63) is 48.0 Å². The Balaban J connectivity index is 1.80. The Labute approximate surface area is 88.6 Å². The van der Waals surface area contributed by atoms with Crippen LogP contribution in [-0.4, -0.2) is 17.1 Å². The summed E-state index contributed by atoms with van der Waals surface area (Å²) in [6.07, 6.45) is 6.63. The number of benzene rings is 1. The summed E-state index contributed by atoms with van der Waals surface area (Å²) in [6, 6.07) is 10.8. The Kier molecular flexibility index (Phi) is 1.77. The Bertz CT molecular complexity index is 432. The Morgan fingerprint density at radius 3 is 2.73 bits per heavy atom. The molecule has 1 fully saturated rings. The molecule has 3 atom stereocenters. The van der Waals surface area contributed by atoms with E-state index < -0.39 is 0 Å². The maximum atomic E-state index is 8.80. The summed E-state index contributed by atoms with van der Waals surface area (Å²) in [4.78, 5) is 1.76. The molecule has 0 radical (unpaired) electrons. The molecule has 1 saturated heterocycles. The van der Waals surface area contributed by atoms with Crippen molar-refractivity contribution in [1.29, 1.82) is 5.26 Å². The number of hydrogen-bond acceptors (Lipinski definition) is 3. The largest absolute Gasteiger partial charge is 0.284 e. The van der Waals surface area contributed by atoms with Crippen LogP contribution in [-0.2, 0) is 0 Å². The predicted octanol–water partition coefficient (Wildman–Crippen LogP) is 1.38. The van der Waals surface area contributed by atoms with Crippen LogP contribution >= 0.6 is 0 Å². The van der Waals surface area contributed by atoms with E-state index in [1.165, 1.54) is 5.56 Å². The van der Waals surface area contributed by atoms with Crippen molar-refractivity contribution in [1.82, 2.24) is 10.2 Å². The molecule has 0 spiro atoms. The monoisotopic (exact) mass is 197 g/mol. The summed E-state index contributed by atoms with van der Waals surface area (Å²) in [6.45, 7) is 0. The molecule has 0 aliphatic carbocycles. The lowest BCUT2D eigenvalue weighted by atomic mass is 10.0. The second-order valence-corrected chi connectivity index (χ2v) is 3.88.